The molecule has 1 aromatic carbocycles. The summed E-state index contributed by atoms with van der Waals surface area (Å²) in [5, 5.41) is 0. The van der Waals surface area contributed by atoms with Crippen LogP contribution in [0, 0.1) is 11.6 Å². The number of likely N-dealkylation sites (tertiary alicyclic amines) is 1. The van der Waals surface area contributed by atoms with Crippen molar-refractivity contribution in [3.8, 4) is 0 Å². The van der Waals surface area contributed by atoms with Gasteiger partial charge in [-0.05, 0) is 25.3 Å². The van der Waals surface area contributed by atoms with Gasteiger partial charge >= 0.3 is 0 Å². The van der Waals surface area contributed by atoms with Crippen molar-refractivity contribution < 1.29 is 18.4 Å². The lowest BCUT2D eigenvalue weighted by molar-refractivity contribution is -0.123. The first-order chi connectivity index (χ1) is 9.41. The molecule has 1 aliphatic rings. The molecule has 1 heterocycles. The minimum Gasteiger partial charge on any atom is -0.398 e. The molecule has 1 unspecified atom stereocenters. The zero-order valence-corrected chi connectivity index (χ0v) is 10.7. The highest BCUT2D eigenvalue weighted by Crippen LogP contribution is 2.23. The van der Waals surface area contributed by atoms with E-state index >= 15 is 0 Å². The first kappa shape index (κ1) is 14.2. The van der Waals surface area contributed by atoms with Gasteiger partial charge in [0.1, 0.15) is 6.04 Å². The topological polar surface area (TPSA) is 89.4 Å². The molecule has 1 aliphatic heterocycles. The van der Waals surface area contributed by atoms with Crippen molar-refractivity contribution in [3.63, 3.8) is 0 Å². The van der Waals surface area contributed by atoms with Crippen LogP contribution in [0.25, 0.3) is 0 Å². The molecule has 0 bridgehead atoms. The number of hydrogen-bond acceptors (Lipinski definition) is 3. The number of benzene rings is 1. The molecule has 0 spiro atoms. The molecule has 1 aromatic rings. The molecule has 1 saturated heterocycles. The van der Waals surface area contributed by atoms with Crippen LogP contribution < -0.4 is 11.5 Å². The van der Waals surface area contributed by atoms with Gasteiger partial charge in [-0.3, -0.25) is 9.59 Å². The molecule has 4 N–H and O–H groups in total. The monoisotopic (exact) mass is 283 g/mol. The van der Waals surface area contributed by atoms with Crippen LogP contribution in [-0.2, 0) is 4.79 Å². The van der Waals surface area contributed by atoms with E-state index in [1.807, 2.05) is 0 Å². The predicted octanol–water partition coefficient (Wildman–Crippen LogP) is 1.03. The second kappa shape index (κ2) is 5.44. The lowest BCUT2D eigenvalue weighted by atomic mass is 10.00. The molecule has 2 rings (SSSR count). The van der Waals surface area contributed by atoms with Gasteiger partial charge in [0.05, 0.1) is 5.56 Å². The third-order valence-electron chi connectivity index (χ3n) is 3.41. The third-order valence-corrected chi connectivity index (χ3v) is 3.41. The van der Waals surface area contributed by atoms with Crippen molar-refractivity contribution in [2.45, 2.75) is 25.3 Å². The maximum Gasteiger partial charge on any atom is 0.256 e. The smallest absolute Gasteiger partial charge is 0.256 e. The highest BCUT2D eigenvalue weighted by molar-refractivity contribution is 6.01. The first-order valence-electron chi connectivity index (χ1n) is 6.26. The van der Waals surface area contributed by atoms with Crippen LogP contribution in [-0.4, -0.2) is 29.3 Å². The van der Waals surface area contributed by atoms with Gasteiger partial charge in [0.15, 0.2) is 11.6 Å². The molecular weight excluding hydrogens is 268 g/mol. The number of nitrogen functional groups attached to an aromatic ring is 1. The van der Waals surface area contributed by atoms with Crippen LogP contribution in [0.3, 0.4) is 0 Å². The Kier molecular flexibility index (Phi) is 3.87. The van der Waals surface area contributed by atoms with E-state index in [1.165, 1.54) is 4.90 Å². The van der Waals surface area contributed by atoms with Gasteiger partial charge in [0.25, 0.3) is 5.91 Å². The number of primary amides is 1. The maximum absolute atomic E-state index is 13.2. The number of anilines is 1. The zero-order chi connectivity index (χ0) is 14.9. The Morgan fingerprint density at radius 2 is 1.85 bits per heavy atom. The molecule has 7 heteroatoms. The van der Waals surface area contributed by atoms with E-state index in [9.17, 15) is 18.4 Å². The molecule has 20 heavy (non-hydrogen) atoms. The lowest BCUT2D eigenvalue weighted by Gasteiger charge is -2.34. The third kappa shape index (κ3) is 2.56. The lowest BCUT2D eigenvalue weighted by Crippen LogP contribution is -2.50. The second-order valence-electron chi connectivity index (χ2n) is 4.77. The van der Waals surface area contributed by atoms with E-state index in [1.54, 1.807) is 0 Å². The number of carbonyl (C=O) groups is 2. The number of amides is 2. The largest absolute Gasteiger partial charge is 0.398 e. The minimum atomic E-state index is -1.16. The number of piperidine rings is 1. The molecule has 0 saturated carbocycles. The molecule has 0 aromatic heterocycles. The van der Waals surface area contributed by atoms with Gasteiger partial charge in [-0.25, -0.2) is 8.78 Å². The first-order valence-corrected chi connectivity index (χ1v) is 6.26. The summed E-state index contributed by atoms with van der Waals surface area (Å²) in [6, 6.07) is 0.773. The Bertz CT molecular complexity index is 563. The fourth-order valence-electron chi connectivity index (χ4n) is 2.37. The molecular formula is C13H15F2N3O2. The molecule has 5 nitrogen and oxygen atoms in total. The molecule has 1 fully saturated rings. The van der Waals surface area contributed by atoms with Gasteiger partial charge < -0.3 is 16.4 Å². The number of carbonyl (C=O) groups excluding carboxylic acids is 2. The summed E-state index contributed by atoms with van der Waals surface area (Å²) in [4.78, 5) is 25.0. The number of halogens is 2. The predicted molar refractivity (Wildman–Crippen MR) is 68.6 cm³/mol. The Hall–Kier alpha value is -2.18. The second-order valence-corrected chi connectivity index (χ2v) is 4.77. The molecule has 0 aliphatic carbocycles. The van der Waals surface area contributed by atoms with Crippen molar-refractivity contribution in [3.05, 3.63) is 29.3 Å². The van der Waals surface area contributed by atoms with Gasteiger partial charge in [0, 0.05) is 18.3 Å². The fraction of sp³-hybridized carbons (Fsp3) is 0.385. The minimum absolute atomic E-state index is 0.156. The summed E-state index contributed by atoms with van der Waals surface area (Å²) in [6.07, 6.45) is 1.97. The van der Waals surface area contributed by atoms with Crippen LogP contribution in [0.1, 0.15) is 29.6 Å². The van der Waals surface area contributed by atoms with Crippen LogP contribution in [0.15, 0.2) is 12.1 Å². The van der Waals surface area contributed by atoms with Crippen LogP contribution in [0.2, 0.25) is 0 Å². The average molecular weight is 283 g/mol. The number of rotatable bonds is 2. The van der Waals surface area contributed by atoms with Crippen molar-refractivity contribution in [1.29, 1.82) is 0 Å². The van der Waals surface area contributed by atoms with Crippen molar-refractivity contribution >= 4 is 17.5 Å². The number of nitrogens with two attached hydrogens (primary N) is 2. The van der Waals surface area contributed by atoms with Crippen LogP contribution in [0.4, 0.5) is 14.5 Å². The van der Waals surface area contributed by atoms with Crippen molar-refractivity contribution in [2.24, 2.45) is 5.73 Å². The quantitative estimate of drug-likeness (QED) is 0.794. The van der Waals surface area contributed by atoms with Crippen LogP contribution >= 0.6 is 0 Å². The highest BCUT2D eigenvalue weighted by atomic mass is 19.2. The normalized spacial score (nSPS) is 18.9. The Labute approximate surface area is 114 Å². The van der Waals surface area contributed by atoms with E-state index in [0.29, 0.717) is 13.0 Å². The van der Waals surface area contributed by atoms with Crippen LogP contribution in [0.5, 0.6) is 0 Å². The Morgan fingerprint density at radius 3 is 2.50 bits per heavy atom. The molecule has 2 amide bonds. The number of hydrogen-bond donors (Lipinski definition) is 2. The summed E-state index contributed by atoms with van der Waals surface area (Å²) in [6.45, 7) is 0.338. The summed E-state index contributed by atoms with van der Waals surface area (Å²) in [5.41, 5.74) is 10.5. The van der Waals surface area contributed by atoms with E-state index in [-0.39, 0.29) is 11.3 Å². The summed E-state index contributed by atoms with van der Waals surface area (Å²) in [5.74, 6) is -3.50. The Balaban J connectivity index is 2.34. The average Bonchev–Trinajstić information content (AvgIpc) is 2.42. The van der Waals surface area contributed by atoms with E-state index in [4.69, 9.17) is 11.5 Å². The van der Waals surface area contributed by atoms with Crippen molar-refractivity contribution in [1.82, 2.24) is 4.90 Å². The highest BCUT2D eigenvalue weighted by Gasteiger charge is 2.32. The van der Waals surface area contributed by atoms with Gasteiger partial charge in [-0.15, -0.1) is 0 Å². The van der Waals surface area contributed by atoms with E-state index < -0.39 is 29.5 Å². The van der Waals surface area contributed by atoms with Gasteiger partial charge in [-0.2, -0.15) is 0 Å². The maximum atomic E-state index is 13.2. The summed E-state index contributed by atoms with van der Waals surface area (Å²) in [7, 11) is 0. The standard InChI is InChI=1S/C13H15F2N3O2/c14-8-5-7(10(16)6-9(8)15)13(20)18-4-2-1-3-11(18)12(17)19/h5-6,11H,1-4,16H2,(H2,17,19). The molecule has 1 atom stereocenters. The molecule has 108 valence electrons. The Morgan fingerprint density at radius 1 is 1.20 bits per heavy atom. The van der Waals surface area contributed by atoms with Gasteiger partial charge in [-0.1, -0.05) is 0 Å². The van der Waals surface area contributed by atoms with E-state index in [0.717, 1.165) is 25.0 Å². The summed E-state index contributed by atoms with van der Waals surface area (Å²) >= 11 is 0. The van der Waals surface area contributed by atoms with Crippen molar-refractivity contribution in [2.75, 3.05) is 12.3 Å². The fourth-order valence-corrected chi connectivity index (χ4v) is 2.37. The number of nitrogens with zero attached hydrogens (tertiary/aromatic N) is 1. The summed E-state index contributed by atoms with van der Waals surface area (Å²) < 4.78 is 26.3. The SMILES string of the molecule is NC(=O)C1CCCCN1C(=O)c1cc(F)c(F)cc1N. The van der Waals surface area contributed by atoms with E-state index in [2.05, 4.69) is 0 Å². The molecule has 0 radical (unpaired) electrons. The van der Waals surface area contributed by atoms with Gasteiger partial charge in [0.2, 0.25) is 5.91 Å². The zero-order valence-electron chi connectivity index (χ0n) is 10.7.